The number of ether oxygens (including phenoxy) is 2. The molecule has 2 unspecified atom stereocenters. The van der Waals surface area contributed by atoms with Gasteiger partial charge in [0.25, 0.3) is 5.91 Å². The maximum atomic E-state index is 12.6. The molecule has 0 bridgehead atoms. The number of hydrogen-bond acceptors (Lipinski definition) is 5. The van der Waals surface area contributed by atoms with Crippen molar-refractivity contribution in [2.24, 2.45) is 11.7 Å². The Labute approximate surface area is 183 Å². The first-order valence-electron chi connectivity index (χ1n) is 9.73. The highest BCUT2D eigenvalue weighted by molar-refractivity contribution is 6.05. The molecule has 2 rings (SSSR count). The summed E-state index contributed by atoms with van der Waals surface area (Å²) in [6.45, 7) is 8.02. The Morgan fingerprint density at radius 2 is 1.43 bits per heavy atom. The summed E-state index contributed by atoms with van der Waals surface area (Å²) in [5, 5.41) is 5.71. The predicted molar refractivity (Wildman–Crippen MR) is 122 cm³/mol. The molecular weight excluding hydrogens is 406 g/mol. The first kappa shape index (κ1) is 25.3. The van der Waals surface area contributed by atoms with E-state index in [-0.39, 0.29) is 36.2 Å². The molecule has 8 heteroatoms. The molecule has 30 heavy (non-hydrogen) atoms. The normalized spacial score (nSPS) is 12.2. The molecule has 164 valence electrons. The molecule has 4 N–H and O–H groups in total. The molecule has 2 atom stereocenters. The monoisotopic (exact) mass is 435 g/mol. The molecule has 0 saturated heterocycles. The van der Waals surface area contributed by atoms with Gasteiger partial charge < -0.3 is 25.8 Å². The minimum Gasteiger partial charge on any atom is -0.492 e. The van der Waals surface area contributed by atoms with Crippen LogP contribution < -0.4 is 25.8 Å². The number of carbonyl (C=O) groups excluding carboxylic acids is 2. The van der Waals surface area contributed by atoms with Crippen LogP contribution in [0, 0.1) is 5.92 Å². The van der Waals surface area contributed by atoms with Crippen molar-refractivity contribution in [1.29, 1.82) is 0 Å². The van der Waals surface area contributed by atoms with Crippen molar-refractivity contribution in [3.05, 3.63) is 48.0 Å². The quantitative estimate of drug-likeness (QED) is 0.550. The van der Waals surface area contributed by atoms with Crippen molar-refractivity contribution in [2.45, 2.75) is 33.7 Å². The largest absolute Gasteiger partial charge is 0.492 e. The summed E-state index contributed by atoms with van der Waals surface area (Å²) in [7, 11) is 0. The smallest absolute Gasteiger partial charge is 0.255 e. The van der Waals surface area contributed by atoms with Crippen molar-refractivity contribution in [1.82, 2.24) is 0 Å². The zero-order valence-corrected chi connectivity index (χ0v) is 18.5. The maximum Gasteiger partial charge on any atom is 0.255 e. The van der Waals surface area contributed by atoms with Crippen LogP contribution >= 0.6 is 12.4 Å². The molecule has 0 aliphatic heterocycles. The third-order valence-electron chi connectivity index (χ3n) is 4.43. The van der Waals surface area contributed by atoms with Gasteiger partial charge in [0.1, 0.15) is 11.5 Å². The van der Waals surface area contributed by atoms with Crippen LogP contribution in [0.15, 0.2) is 42.5 Å². The van der Waals surface area contributed by atoms with E-state index < -0.39 is 0 Å². The Morgan fingerprint density at radius 1 is 0.933 bits per heavy atom. The lowest BCUT2D eigenvalue weighted by atomic mass is 10.0. The van der Waals surface area contributed by atoms with Crippen molar-refractivity contribution in [3.63, 3.8) is 0 Å². The third-order valence-corrected chi connectivity index (χ3v) is 4.43. The lowest BCUT2D eigenvalue weighted by molar-refractivity contribution is -0.119. The van der Waals surface area contributed by atoms with E-state index in [1.165, 1.54) is 0 Å². The van der Waals surface area contributed by atoms with Gasteiger partial charge in [-0.3, -0.25) is 9.59 Å². The van der Waals surface area contributed by atoms with Gasteiger partial charge in [-0.1, -0.05) is 25.1 Å². The van der Waals surface area contributed by atoms with Gasteiger partial charge in [0.15, 0.2) is 0 Å². The van der Waals surface area contributed by atoms with Gasteiger partial charge in [-0.2, -0.15) is 0 Å². The van der Waals surface area contributed by atoms with Crippen molar-refractivity contribution in [2.75, 3.05) is 23.8 Å². The lowest BCUT2D eigenvalue weighted by Crippen LogP contribution is -2.34. The number of benzene rings is 2. The SMILES string of the molecule is CCOc1cc(NC(=O)C(C)C(C)N)c(OCC)cc1NC(=O)c1ccccc1.Cl. The molecule has 0 heterocycles. The number of nitrogens with one attached hydrogen (secondary N) is 2. The van der Waals surface area contributed by atoms with Gasteiger partial charge in [0, 0.05) is 23.7 Å². The molecule has 2 amide bonds. The number of hydrogen-bond donors (Lipinski definition) is 3. The predicted octanol–water partition coefficient (Wildman–Crippen LogP) is 4.08. The zero-order chi connectivity index (χ0) is 21.4. The minimum absolute atomic E-state index is 0. The second-order valence-electron chi connectivity index (χ2n) is 6.67. The van der Waals surface area contributed by atoms with E-state index in [1.54, 1.807) is 50.2 Å². The maximum absolute atomic E-state index is 12.6. The van der Waals surface area contributed by atoms with E-state index in [2.05, 4.69) is 10.6 Å². The van der Waals surface area contributed by atoms with Crippen LogP contribution in [0.1, 0.15) is 38.1 Å². The standard InChI is InChI=1S/C22H29N3O4.ClH/c1-5-28-19-13-18(25-22(27)16-10-8-7-9-11-16)20(29-6-2)12-17(19)24-21(26)14(3)15(4)23;/h7-15H,5-6,23H2,1-4H3,(H,24,26)(H,25,27);1H. The average molecular weight is 436 g/mol. The highest BCUT2D eigenvalue weighted by Gasteiger charge is 2.21. The highest BCUT2D eigenvalue weighted by atomic mass is 35.5. The number of halogens is 1. The van der Waals surface area contributed by atoms with Gasteiger partial charge in [-0.15, -0.1) is 12.4 Å². The number of nitrogens with two attached hydrogens (primary N) is 1. The van der Waals surface area contributed by atoms with E-state index >= 15 is 0 Å². The van der Waals surface area contributed by atoms with Crippen LogP contribution in [0.4, 0.5) is 11.4 Å². The Hall–Kier alpha value is -2.77. The van der Waals surface area contributed by atoms with Crippen LogP contribution in [0.3, 0.4) is 0 Å². The van der Waals surface area contributed by atoms with Gasteiger partial charge in [0.2, 0.25) is 5.91 Å². The zero-order valence-electron chi connectivity index (χ0n) is 17.7. The van der Waals surface area contributed by atoms with E-state index in [0.717, 1.165) is 0 Å². The van der Waals surface area contributed by atoms with Crippen LogP contribution in [0.25, 0.3) is 0 Å². The molecule has 0 aliphatic carbocycles. The minimum atomic E-state index is -0.377. The fourth-order valence-electron chi connectivity index (χ4n) is 2.57. The Bertz CT molecular complexity index is 844. The van der Waals surface area contributed by atoms with E-state index in [9.17, 15) is 9.59 Å². The molecule has 2 aromatic rings. The second-order valence-corrected chi connectivity index (χ2v) is 6.67. The van der Waals surface area contributed by atoms with E-state index in [4.69, 9.17) is 15.2 Å². The third kappa shape index (κ3) is 6.64. The van der Waals surface area contributed by atoms with Crippen LogP contribution in [-0.4, -0.2) is 31.1 Å². The van der Waals surface area contributed by atoms with Gasteiger partial charge >= 0.3 is 0 Å². The van der Waals surface area contributed by atoms with Crippen LogP contribution in [-0.2, 0) is 4.79 Å². The Morgan fingerprint density at radius 3 is 1.90 bits per heavy atom. The number of amides is 2. The molecule has 0 aliphatic rings. The van der Waals surface area contributed by atoms with Crippen LogP contribution in [0.5, 0.6) is 11.5 Å². The lowest BCUT2D eigenvalue weighted by Gasteiger charge is -2.20. The summed E-state index contributed by atoms with van der Waals surface area (Å²) >= 11 is 0. The Kier molecular flexibility index (Phi) is 10.1. The fourth-order valence-corrected chi connectivity index (χ4v) is 2.57. The number of carbonyl (C=O) groups is 2. The molecule has 0 radical (unpaired) electrons. The Balaban J connectivity index is 0.00000450. The van der Waals surface area contributed by atoms with Crippen molar-refractivity contribution < 1.29 is 19.1 Å². The van der Waals surface area contributed by atoms with Gasteiger partial charge in [-0.05, 0) is 32.9 Å². The van der Waals surface area contributed by atoms with E-state index in [0.29, 0.717) is 41.7 Å². The molecular formula is C22H30ClN3O4. The molecule has 7 nitrogen and oxygen atoms in total. The van der Waals surface area contributed by atoms with Gasteiger partial charge in [0.05, 0.1) is 30.5 Å². The van der Waals surface area contributed by atoms with Gasteiger partial charge in [-0.25, -0.2) is 0 Å². The summed E-state index contributed by atoms with van der Waals surface area (Å²) in [5.74, 6) is 0.00634. The van der Waals surface area contributed by atoms with Crippen molar-refractivity contribution in [3.8, 4) is 11.5 Å². The van der Waals surface area contributed by atoms with Crippen LogP contribution in [0.2, 0.25) is 0 Å². The molecule has 0 fully saturated rings. The topological polar surface area (TPSA) is 103 Å². The average Bonchev–Trinajstić information content (AvgIpc) is 2.71. The summed E-state index contributed by atoms with van der Waals surface area (Å²) in [6, 6.07) is 11.9. The summed E-state index contributed by atoms with van der Waals surface area (Å²) in [6.07, 6.45) is 0. The molecule has 0 saturated carbocycles. The first-order valence-corrected chi connectivity index (χ1v) is 9.73. The molecule has 2 aromatic carbocycles. The number of rotatable bonds is 9. The molecule has 0 spiro atoms. The summed E-state index contributed by atoms with van der Waals surface area (Å²) in [5.41, 5.74) is 7.28. The summed E-state index contributed by atoms with van der Waals surface area (Å²) in [4.78, 5) is 25.0. The van der Waals surface area contributed by atoms with Crippen molar-refractivity contribution >= 4 is 35.6 Å². The fraction of sp³-hybridized carbons (Fsp3) is 0.364. The highest BCUT2D eigenvalue weighted by Crippen LogP contribution is 2.37. The second kappa shape index (κ2) is 12.0. The summed E-state index contributed by atoms with van der Waals surface area (Å²) < 4.78 is 11.4. The first-order chi connectivity index (χ1) is 13.9. The number of anilines is 2. The molecule has 0 aromatic heterocycles. The van der Waals surface area contributed by atoms with E-state index in [1.807, 2.05) is 19.9 Å².